The molecular weight excluding hydrogens is 378 g/mol. The minimum Gasteiger partial charge on any atom is -0.493 e. The molecular formula is C25H29NO4. The topological polar surface area (TPSA) is 61.6 Å². The molecule has 0 spiro atoms. The van der Waals surface area contributed by atoms with Gasteiger partial charge in [-0.15, -0.1) is 0 Å². The first kappa shape index (κ1) is 21.6. The van der Waals surface area contributed by atoms with Gasteiger partial charge in [0.25, 0.3) is 0 Å². The first-order valence-electron chi connectivity index (χ1n) is 10.3. The van der Waals surface area contributed by atoms with Crippen LogP contribution in [0.4, 0.5) is 0 Å². The summed E-state index contributed by atoms with van der Waals surface area (Å²) < 4.78 is 16.6. The SMILES string of the molecule is COC(=O)CCc1ccc(OCCc2nc(-c3ccccc3)oc2C)cc1C(C)C. The van der Waals surface area contributed by atoms with E-state index in [-0.39, 0.29) is 5.97 Å². The van der Waals surface area contributed by atoms with Gasteiger partial charge in [0.05, 0.1) is 19.4 Å². The molecule has 0 saturated heterocycles. The number of esters is 1. The van der Waals surface area contributed by atoms with Gasteiger partial charge in [-0.3, -0.25) is 4.79 Å². The van der Waals surface area contributed by atoms with Gasteiger partial charge in [0.1, 0.15) is 11.5 Å². The fourth-order valence-electron chi connectivity index (χ4n) is 3.40. The number of carbonyl (C=O) groups excluding carboxylic acids is 1. The fraction of sp³-hybridized carbons (Fsp3) is 0.360. The predicted molar refractivity (Wildman–Crippen MR) is 117 cm³/mol. The molecule has 2 aromatic carbocycles. The summed E-state index contributed by atoms with van der Waals surface area (Å²) in [5.74, 6) is 2.43. The molecule has 1 aromatic heterocycles. The van der Waals surface area contributed by atoms with Crippen LogP contribution in [0.15, 0.2) is 52.9 Å². The molecule has 0 radical (unpaired) electrons. The minimum atomic E-state index is -0.192. The standard InChI is InChI=1S/C25H29NO4/c1-17(2)22-16-21(12-10-19(22)11-13-24(27)28-4)29-15-14-23-18(3)30-25(26-23)20-8-6-5-7-9-20/h5-10,12,16-17H,11,13-15H2,1-4H3. The highest BCUT2D eigenvalue weighted by molar-refractivity contribution is 5.69. The Bertz CT molecular complexity index is 976. The van der Waals surface area contributed by atoms with Crippen molar-refractivity contribution < 1.29 is 18.7 Å². The second kappa shape index (κ2) is 10.1. The van der Waals surface area contributed by atoms with Crippen LogP contribution in [-0.2, 0) is 22.4 Å². The first-order valence-corrected chi connectivity index (χ1v) is 10.3. The van der Waals surface area contributed by atoms with E-state index >= 15 is 0 Å². The van der Waals surface area contributed by atoms with Gasteiger partial charge < -0.3 is 13.9 Å². The summed E-state index contributed by atoms with van der Waals surface area (Å²) in [4.78, 5) is 16.1. The van der Waals surface area contributed by atoms with E-state index in [1.54, 1.807) is 0 Å². The molecule has 0 unspecified atom stereocenters. The molecule has 0 aliphatic rings. The number of oxazole rings is 1. The molecule has 0 amide bonds. The number of benzene rings is 2. The molecule has 0 atom stereocenters. The van der Waals surface area contributed by atoms with Crippen LogP contribution in [0.25, 0.3) is 11.5 Å². The second-order valence-electron chi connectivity index (χ2n) is 7.58. The number of aromatic nitrogens is 1. The maximum absolute atomic E-state index is 11.5. The lowest BCUT2D eigenvalue weighted by Crippen LogP contribution is -2.06. The van der Waals surface area contributed by atoms with E-state index in [0.717, 1.165) is 28.3 Å². The zero-order chi connectivity index (χ0) is 21.5. The highest BCUT2D eigenvalue weighted by Gasteiger charge is 2.13. The Labute approximate surface area is 178 Å². The Morgan fingerprint density at radius 3 is 2.57 bits per heavy atom. The van der Waals surface area contributed by atoms with Gasteiger partial charge in [0, 0.05) is 18.4 Å². The van der Waals surface area contributed by atoms with Crippen LogP contribution in [0.1, 0.15) is 48.8 Å². The molecule has 30 heavy (non-hydrogen) atoms. The molecule has 0 N–H and O–H groups in total. The van der Waals surface area contributed by atoms with Crippen molar-refractivity contribution in [3.63, 3.8) is 0 Å². The summed E-state index contributed by atoms with van der Waals surface area (Å²) in [5, 5.41) is 0. The third kappa shape index (κ3) is 5.50. The number of nitrogens with zero attached hydrogens (tertiary/aromatic N) is 1. The normalized spacial score (nSPS) is 11.0. The molecule has 0 bridgehead atoms. The Balaban J connectivity index is 1.63. The summed E-state index contributed by atoms with van der Waals surface area (Å²) in [5.41, 5.74) is 4.23. The molecule has 3 rings (SSSR count). The maximum Gasteiger partial charge on any atom is 0.305 e. The van der Waals surface area contributed by atoms with Crippen molar-refractivity contribution in [1.82, 2.24) is 4.98 Å². The third-order valence-electron chi connectivity index (χ3n) is 5.09. The van der Waals surface area contributed by atoms with Gasteiger partial charge >= 0.3 is 5.97 Å². The van der Waals surface area contributed by atoms with Crippen LogP contribution >= 0.6 is 0 Å². The molecule has 0 fully saturated rings. The maximum atomic E-state index is 11.5. The number of hydrogen-bond donors (Lipinski definition) is 0. The largest absolute Gasteiger partial charge is 0.493 e. The van der Waals surface area contributed by atoms with Crippen molar-refractivity contribution in [2.75, 3.05) is 13.7 Å². The molecule has 3 aromatic rings. The van der Waals surface area contributed by atoms with Gasteiger partial charge in [0.15, 0.2) is 0 Å². The second-order valence-corrected chi connectivity index (χ2v) is 7.58. The Morgan fingerprint density at radius 2 is 1.87 bits per heavy atom. The number of rotatable bonds is 9. The third-order valence-corrected chi connectivity index (χ3v) is 5.09. The van der Waals surface area contributed by atoms with Crippen LogP contribution < -0.4 is 4.74 Å². The zero-order valence-electron chi connectivity index (χ0n) is 18.1. The van der Waals surface area contributed by atoms with Gasteiger partial charge in [-0.05, 0) is 54.7 Å². The summed E-state index contributed by atoms with van der Waals surface area (Å²) in [6.45, 7) is 6.73. The van der Waals surface area contributed by atoms with E-state index in [1.807, 2.05) is 49.4 Å². The monoisotopic (exact) mass is 407 g/mol. The smallest absolute Gasteiger partial charge is 0.305 e. The molecule has 158 valence electrons. The quantitative estimate of drug-likeness (QED) is 0.438. The van der Waals surface area contributed by atoms with Crippen molar-refractivity contribution in [3.05, 3.63) is 71.1 Å². The number of methoxy groups -OCH3 is 1. The Hall–Kier alpha value is -3.08. The van der Waals surface area contributed by atoms with Crippen LogP contribution in [0, 0.1) is 6.92 Å². The lowest BCUT2D eigenvalue weighted by atomic mass is 9.94. The van der Waals surface area contributed by atoms with Crippen molar-refractivity contribution in [1.29, 1.82) is 0 Å². The first-order chi connectivity index (χ1) is 14.5. The van der Waals surface area contributed by atoms with Gasteiger partial charge in [-0.2, -0.15) is 0 Å². The summed E-state index contributed by atoms with van der Waals surface area (Å²) >= 11 is 0. The molecule has 5 heteroatoms. The van der Waals surface area contributed by atoms with E-state index in [1.165, 1.54) is 12.7 Å². The van der Waals surface area contributed by atoms with E-state index in [9.17, 15) is 4.79 Å². The lowest BCUT2D eigenvalue weighted by molar-refractivity contribution is -0.140. The molecule has 5 nitrogen and oxygen atoms in total. The molecule has 0 aliphatic heterocycles. The summed E-state index contributed by atoms with van der Waals surface area (Å²) in [7, 11) is 1.42. The van der Waals surface area contributed by atoms with Crippen LogP contribution in [-0.4, -0.2) is 24.7 Å². The molecule has 1 heterocycles. The van der Waals surface area contributed by atoms with Crippen molar-refractivity contribution in [2.24, 2.45) is 0 Å². The van der Waals surface area contributed by atoms with E-state index in [2.05, 4.69) is 24.9 Å². The number of carbonyl (C=O) groups is 1. The highest BCUT2D eigenvalue weighted by Crippen LogP contribution is 2.27. The Kier molecular flexibility index (Phi) is 7.28. The number of ether oxygens (including phenoxy) is 2. The molecule has 0 aliphatic carbocycles. The van der Waals surface area contributed by atoms with Crippen molar-refractivity contribution in [3.8, 4) is 17.2 Å². The van der Waals surface area contributed by atoms with Crippen LogP contribution in [0.3, 0.4) is 0 Å². The van der Waals surface area contributed by atoms with Gasteiger partial charge in [0.2, 0.25) is 5.89 Å². The highest BCUT2D eigenvalue weighted by atomic mass is 16.5. The summed E-state index contributed by atoms with van der Waals surface area (Å²) in [6.07, 6.45) is 1.72. The number of aryl methyl sites for hydroxylation is 2. The fourth-order valence-corrected chi connectivity index (χ4v) is 3.40. The average Bonchev–Trinajstić information content (AvgIpc) is 3.13. The van der Waals surface area contributed by atoms with Crippen LogP contribution in [0.2, 0.25) is 0 Å². The van der Waals surface area contributed by atoms with E-state index in [4.69, 9.17) is 13.9 Å². The predicted octanol–water partition coefficient (Wildman–Crippen LogP) is 5.50. The average molecular weight is 408 g/mol. The zero-order valence-corrected chi connectivity index (χ0v) is 18.1. The molecule has 0 saturated carbocycles. The van der Waals surface area contributed by atoms with Crippen molar-refractivity contribution >= 4 is 5.97 Å². The van der Waals surface area contributed by atoms with Gasteiger partial charge in [-0.25, -0.2) is 4.98 Å². The Morgan fingerprint density at radius 1 is 1.10 bits per heavy atom. The van der Waals surface area contributed by atoms with Gasteiger partial charge in [-0.1, -0.05) is 38.1 Å². The minimum absolute atomic E-state index is 0.192. The summed E-state index contributed by atoms with van der Waals surface area (Å²) in [6, 6.07) is 16.0. The van der Waals surface area contributed by atoms with Crippen LogP contribution in [0.5, 0.6) is 5.75 Å². The lowest BCUT2D eigenvalue weighted by Gasteiger charge is -2.15. The van der Waals surface area contributed by atoms with Crippen molar-refractivity contribution in [2.45, 2.75) is 46.0 Å². The van der Waals surface area contributed by atoms with E-state index in [0.29, 0.717) is 37.7 Å². The number of hydrogen-bond acceptors (Lipinski definition) is 5. The van der Waals surface area contributed by atoms with E-state index < -0.39 is 0 Å².